The van der Waals surface area contributed by atoms with Gasteiger partial charge in [0.1, 0.15) is 5.58 Å². The summed E-state index contributed by atoms with van der Waals surface area (Å²) in [7, 11) is 0. The van der Waals surface area contributed by atoms with Crippen LogP contribution in [-0.4, -0.2) is 13.1 Å². The van der Waals surface area contributed by atoms with E-state index in [0.717, 1.165) is 24.2 Å². The third-order valence-electron chi connectivity index (χ3n) is 2.97. The van der Waals surface area contributed by atoms with E-state index >= 15 is 0 Å². The maximum absolute atomic E-state index is 11.3. The Morgan fingerprint density at radius 3 is 2.68 bits per heavy atom. The van der Waals surface area contributed by atoms with Gasteiger partial charge in [0.05, 0.1) is 11.4 Å². The number of fused-ring (bicyclic) bond motifs is 1. The van der Waals surface area contributed by atoms with E-state index in [1.165, 1.54) is 6.07 Å². The van der Waals surface area contributed by atoms with Crippen LogP contribution in [0.1, 0.15) is 13.8 Å². The molecule has 98 valence electrons. The molecule has 0 bridgehead atoms. The van der Waals surface area contributed by atoms with Gasteiger partial charge in [-0.1, -0.05) is 5.11 Å². The number of azide groups is 1. The molecule has 6 heteroatoms. The van der Waals surface area contributed by atoms with Crippen LogP contribution in [0.4, 0.5) is 11.4 Å². The molecule has 0 aliphatic rings. The number of rotatable bonds is 4. The van der Waals surface area contributed by atoms with Crippen molar-refractivity contribution in [2.24, 2.45) is 5.11 Å². The van der Waals surface area contributed by atoms with E-state index in [0.29, 0.717) is 11.3 Å². The van der Waals surface area contributed by atoms with Crippen LogP contribution in [0.15, 0.2) is 38.6 Å². The van der Waals surface area contributed by atoms with Crippen molar-refractivity contribution in [1.82, 2.24) is 0 Å². The van der Waals surface area contributed by atoms with Gasteiger partial charge in [-0.3, -0.25) is 0 Å². The lowest BCUT2D eigenvalue weighted by molar-refractivity contribution is 0.561. The minimum absolute atomic E-state index is 0.394. The lowest BCUT2D eigenvalue weighted by Crippen LogP contribution is -2.21. The Labute approximate surface area is 109 Å². The largest absolute Gasteiger partial charge is 0.423 e. The highest BCUT2D eigenvalue weighted by Crippen LogP contribution is 2.33. The highest BCUT2D eigenvalue weighted by atomic mass is 16.4. The van der Waals surface area contributed by atoms with Crippen molar-refractivity contribution < 1.29 is 4.42 Å². The lowest BCUT2D eigenvalue weighted by atomic mass is 10.1. The van der Waals surface area contributed by atoms with E-state index in [-0.39, 0.29) is 0 Å². The molecule has 1 heterocycles. The van der Waals surface area contributed by atoms with Crippen LogP contribution in [0, 0.1) is 0 Å². The second kappa shape index (κ2) is 5.46. The Balaban J connectivity index is 2.74. The summed E-state index contributed by atoms with van der Waals surface area (Å²) in [6.07, 6.45) is 0. The fourth-order valence-electron chi connectivity index (χ4n) is 2.04. The van der Waals surface area contributed by atoms with Gasteiger partial charge in [0.15, 0.2) is 0 Å². The summed E-state index contributed by atoms with van der Waals surface area (Å²) in [5.41, 5.74) is 10.1. The molecule has 0 saturated heterocycles. The molecule has 1 aromatic heterocycles. The van der Waals surface area contributed by atoms with Gasteiger partial charge in [0.2, 0.25) is 0 Å². The van der Waals surface area contributed by atoms with Gasteiger partial charge < -0.3 is 9.32 Å². The van der Waals surface area contributed by atoms with E-state index in [1.807, 2.05) is 18.7 Å². The van der Waals surface area contributed by atoms with E-state index in [1.54, 1.807) is 18.2 Å². The van der Waals surface area contributed by atoms with Crippen LogP contribution >= 0.6 is 0 Å². The standard InChI is InChI=1S/C13H14N4O2/c1-3-17(4-2)11-8-12-9(5-6-13(18)19-12)7-10(11)15-16-14/h5-8H,3-4H2,1-2H3. The smallest absolute Gasteiger partial charge is 0.336 e. The van der Waals surface area contributed by atoms with Crippen LogP contribution in [0.5, 0.6) is 0 Å². The van der Waals surface area contributed by atoms with E-state index < -0.39 is 5.63 Å². The van der Waals surface area contributed by atoms with Crippen molar-refractivity contribution in [3.05, 3.63) is 45.1 Å². The molecule has 0 radical (unpaired) electrons. The number of anilines is 1. The molecule has 0 saturated carbocycles. The SMILES string of the molecule is CCN(CC)c1cc2oc(=O)ccc2cc1N=[N+]=[N-]. The number of hydrogen-bond acceptors (Lipinski definition) is 4. The molecule has 0 aliphatic heterocycles. The van der Waals surface area contributed by atoms with Gasteiger partial charge in [-0.15, -0.1) is 0 Å². The molecule has 1 aromatic carbocycles. The fraction of sp³-hybridized carbons (Fsp3) is 0.308. The van der Waals surface area contributed by atoms with Crippen molar-refractivity contribution >= 4 is 22.3 Å². The average molecular weight is 258 g/mol. The Morgan fingerprint density at radius 1 is 1.32 bits per heavy atom. The Bertz CT molecular complexity index is 697. The van der Waals surface area contributed by atoms with Gasteiger partial charge >= 0.3 is 5.63 Å². The summed E-state index contributed by atoms with van der Waals surface area (Å²) in [6.45, 7) is 5.56. The molecule has 6 nitrogen and oxygen atoms in total. The third-order valence-corrected chi connectivity index (χ3v) is 2.97. The predicted molar refractivity (Wildman–Crippen MR) is 74.9 cm³/mol. The highest BCUT2D eigenvalue weighted by molar-refractivity contribution is 5.87. The maximum atomic E-state index is 11.3. The van der Waals surface area contributed by atoms with E-state index in [2.05, 4.69) is 10.0 Å². The Morgan fingerprint density at radius 2 is 2.05 bits per heavy atom. The summed E-state index contributed by atoms with van der Waals surface area (Å²) in [5, 5.41) is 4.45. The Hall–Kier alpha value is -2.46. The van der Waals surface area contributed by atoms with Gasteiger partial charge in [-0.2, -0.15) is 0 Å². The zero-order valence-electron chi connectivity index (χ0n) is 10.8. The van der Waals surface area contributed by atoms with Crippen LogP contribution < -0.4 is 10.5 Å². The molecule has 2 rings (SSSR count). The highest BCUT2D eigenvalue weighted by Gasteiger charge is 2.10. The zero-order valence-corrected chi connectivity index (χ0v) is 10.8. The minimum atomic E-state index is -0.394. The summed E-state index contributed by atoms with van der Waals surface area (Å²) >= 11 is 0. The van der Waals surface area contributed by atoms with Gasteiger partial charge in [-0.25, -0.2) is 4.79 Å². The molecule has 0 aliphatic carbocycles. The molecule has 19 heavy (non-hydrogen) atoms. The summed E-state index contributed by atoms with van der Waals surface area (Å²) < 4.78 is 5.16. The van der Waals surface area contributed by atoms with Crippen molar-refractivity contribution in [2.45, 2.75) is 13.8 Å². The minimum Gasteiger partial charge on any atom is -0.423 e. The van der Waals surface area contributed by atoms with Crippen molar-refractivity contribution in [3.63, 3.8) is 0 Å². The molecule has 0 atom stereocenters. The molecule has 0 amide bonds. The molecule has 0 N–H and O–H groups in total. The van der Waals surface area contributed by atoms with Crippen LogP contribution in [0.2, 0.25) is 0 Å². The molecule has 2 aromatic rings. The van der Waals surface area contributed by atoms with Crippen molar-refractivity contribution in [1.29, 1.82) is 0 Å². The summed E-state index contributed by atoms with van der Waals surface area (Å²) in [4.78, 5) is 16.1. The first-order valence-electron chi connectivity index (χ1n) is 6.07. The molecular weight excluding hydrogens is 244 g/mol. The average Bonchev–Trinajstić information content (AvgIpc) is 2.41. The molecule has 0 spiro atoms. The first-order chi connectivity index (χ1) is 9.19. The topological polar surface area (TPSA) is 82.2 Å². The van der Waals surface area contributed by atoms with Crippen molar-refractivity contribution in [3.8, 4) is 0 Å². The zero-order chi connectivity index (χ0) is 13.8. The number of nitrogens with zero attached hydrogens (tertiary/aromatic N) is 4. The van der Waals surface area contributed by atoms with Crippen LogP contribution in [0.3, 0.4) is 0 Å². The molecule has 0 fully saturated rings. The van der Waals surface area contributed by atoms with Crippen LogP contribution in [0.25, 0.3) is 21.4 Å². The summed E-state index contributed by atoms with van der Waals surface area (Å²) in [6, 6.07) is 6.47. The molecular formula is C13H14N4O2. The molecule has 0 unspecified atom stereocenters. The second-order valence-electron chi connectivity index (χ2n) is 3.99. The first kappa shape index (κ1) is 13.0. The Kier molecular flexibility index (Phi) is 3.73. The fourth-order valence-corrected chi connectivity index (χ4v) is 2.04. The normalized spacial score (nSPS) is 10.2. The predicted octanol–water partition coefficient (Wildman–Crippen LogP) is 3.58. The van der Waals surface area contributed by atoms with Gasteiger partial charge in [-0.05, 0) is 31.5 Å². The van der Waals surface area contributed by atoms with Gasteiger partial charge in [0, 0.05) is 35.5 Å². The first-order valence-corrected chi connectivity index (χ1v) is 6.07. The maximum Gasteiger partial charge on any atom is 0.336 e. The van der Waals surface area contributed by atoms with Gasteiger partial charge in [0.25, 0.3) is 0 Å². The second-order valence-corrected chi connectivity index (χ2v) is 3.99. The third kappa shape index (κ3) is 2.53. The van der Waals surface area contributed by atoms with Crippen LogP contribution in [-0.2, 0) is 0 Å². The quantitative estimate of drug-likeness (QED) is 0.363. The van der Waals surface area contributed by atoms with E-state index in [9.17, 15) is 4.79 Å². The van der Waals surface area contributed by atoms with E-state index in [4.69, 9.17) is 9.95 Å². The lowest BCUT2D eigenvalue weighted by Gasteiger charge is -2.22. The monoisotopic (exact) mass is 258 g/mol. The summed E-state index contributed by atoms with van der Waals surface area (Å²) in [5.74, 6) is 0. The number of hydrogen-bond donors (Lipinski definition) is 0. The van der Waals surface area contributed by atoms with Crippen molar-refractivity contribution in [2.75, 3.05) is 18.0 Å². The number of benzene rings is 1.